The minimum absolute atomic E-state index is 0.0397. The third-order valence-corrected chi connectivity index (χ3v) is 8.55. The standard InChI is InChI=1S/C29H36F3N7O5S/c30-29(31,32)28-36-24(38-15-11-20(12-16-38)5-3-9-26(40)35-19-45(42,43)44)17-25(37-28)39-14-4-8-23(39)27(41)34-13-10-21-6-1-2-7-22(21)18-33/h1-2,6-7,17,20,23H,3-5,8-16,19H2,(H,34,41)(H,35,40)(H,42,43,44). The fourth-order valence-electron chi connectivity index (χ4n) is 5.72. The maximum atomic E-state index is 13.9. The lowest BCUT2D eigenvalue weighted by Gasteiger charge is -2.34. The molecule has 16 heteroatoms. The molecule has 1 unspecified atom stereocenters. The lowest BCUT2D eigenvalue weighted by atomic mass is 9.91. The summed E-state index contributed by atoms with van der Waals surface area (Å²) in [5.74, 6) is -2.52. The molecule has 3 heterocycles. The number of nitrogens with one attached hydrogen (secondary N) is 2. The Bertz CT molecular complexity index is 1510. The number of aromatic nitrogens is 2. The molecule has 1 aromatic carbocycles. The van der Waals surface area contributed by atoms with Crippen LogP contribution >= 0.6 is 0 Å². The molecule has 4 rings (SSSR count). The highest BCUT2D eigenvalue weighted by Crippen LogP contribution is 2.34. The molecule has 2 aliphatic rings. The minimum Gasteiger partial charge on any atom is -0.356 e. The molecule has 3 N–H and O–H groups in total. The average Bonchev–Trinajstić information content (AvgIpc) is 3.50. The van der Waals surface area contributed by atoms with Crippen molar-refractivity contribution in [2.75, 3.05) is 41.9 Å². The number of carbonyl (C=O) groups excluding carboxylic acids is 2. The van der Waals surface area contributed by atoms with Crippen molar-refractivity contribution in [2.45, 2.75) is 63.6 Å². The topological polar surface area (TPSA) is 169 Å². The van der Waals surface area contributed by atoms with Gasteiger partial charge in [-0.25, -0.2) is 9.97 Å². The number of piperidine rings is 1. The van der Waals surface area contributed by atoms with Crippen molar-refractivity contribution in [2.24, 2.45) is 5.92 Å². The Morgan fingerprint density at radius 2 is 1.78 bits per heavy atom. The van der Waals surface area contributed by atoms with E-state index in [9.17, 15) is 36.4 Å². The molecule has 0 bridgehead atoms. The SMILES string of the molecule is N#Cc1ccccc1CCNC(=O)C1CCCN1c1cc(N2CCC(CCCC(=O)NCS(=O)(=O)O)CC2)nc(C(F)(F)F)n1. The molecule has 45 heavy (non-hydrogen) atoms. The zero-order valence-electron chi connectivity index (χ0n) is 24.6. The number of anilines is 2. The van der Waals surface area contributed by atoms with E-state index in [1.54, 1.807) is 21.9 Å². The van der Waals surface area contributed by atoms with E-state index < -0.39 is 39.9 Å². The highest BCUT2D eigenvalue weighted by atomic mass is 32.2. The molecule has 2 saturated heterocycles. The van der Waals surface area contributed by atoms with Crippen LogP contribution in [0, 0.1) is 17.2 Å². The monoisotopic (exact) mass is 651 g/mol. The predicted octanol–water partition coefficient (Wildman–Crippen LogP) is 3.04. The second kappa shape index (κ2) is 14.9. The van der Waals surface area contributed by atoms with Crippen LogP contribution in [-0.4, -0.2) is 72.9 Å². The molecule has 2 amide bonds. The highest BCUT2D eigenvalue weighted by molar-refractivity contribution is 7.85. The second-order valence-corrected chi connectivity index (χ2v) is 12.7. The number of halogens is 3. The van der Waals surface area contributed by atoms with Crippen LogP contribution in [0.15, 0.2) is 30.3 Å². The Labute approximate surface area is 259 Å². The van der Waals surface area contributed by atoms with Gasteiger partial charge in [-0.05, 0) is 62.5 Å². The van der Waals surface area contributed by atoms with Gasteiger partial charge in [-0.15, -0.1) is 0 Å². The first-order valence-corrected chi connectivity index (χ1v) is 16.4. The number of alkyl halides is 3. The third-order valence-electron chi connectivity index (χ3n) is 8.04. The summed E-state index contributed by atoms with van der Waals surface area (Å²) in [6, 6.07) is 10.0. The zero-order chi connectivity index (χ0) is 32.6. The van der Waals surface area contributed by atoms with Crippen LogP contribution in [0.3, 0.4) is 0 Å². The van der Waals surface area contributed by atoms with E-state index in [0.29, 0.717) is 70.1 Å². The number of rotatable bonds is 12. The van der Waals surface area contributed by atoms with E-state index in [1.165, 1.54) is 6.07 Å². The maximum absolute atomic E-state index is 13.9. The summed E-state index contributed by atoms with van der Waals surface area (Å²) in [4.78, 5) is 35.9. The largest absolute Gasteiger partial charge is 0.451 e. The van der Waals surface area contributed by atoms with Gasteiger partial charge in [0.2, 0.25) is 17.6 Å². The van der Waals surface area contributed by atoms with E-state index >= 15 is 0 Å². The Hall–Kier alpha value is -3.97. The Morgan fingerprint density at radius 1 is 1.07 bits per heavy atom. The van der Waals surface area contributed by atoms with Gasteiger partial charge in [-0.3, -0.25) is 14.1 Å². The molecule has 1 aromatic heterocycles. The molecule has 1 atom stereocenters. The molecule has 12 nitrogen and oxygen atoms in total. The molecule has 2 aromatic rings. The summed E-state index contributed by atoms with van der Waals surface area (Å²) in [6.07, 6.45) is -0.675. The van der Waals surface area contributed by atoms with E-state index in [1.807, 2.05) is 12.1 Å². The zero-order valence-corrected chi connectivity index (χ0v) is 25.4. The molecule has 0 aliphatic carbocycles. The van der Waals surface area contributed by atoms with Gasteiger partial charge in [-0.2, -0.15) is 26.9 Å². The van der Waals surface area contributed by atoms with E-state index in [-0.39, 0.29) is 36.4 Å². The van der Waals surface area contributed by atoms with Crippen molar-refractivity contribution in [1.82, 2.24) is 20.6 Å². The maximum Gasteiger partial charge on any atom is 0.451 e. The van der Waals surface area contributed by atoms with Gasteiger partial charge in [-0.1, -0.05) is 18.2 Å². The van der Waals surface area contributed by atoms with E-state index in [4.69, 9.17) is 4.55 Å². The molecule has 2 aliphatic heterocycles. The smallest absolute Gasteiger partial charge is 0.356 e. The summed E-state index contributed by atoms with van der Waals surface area (Å²) in [5.41, 5.74) is 1.32. The van der Waals surface area contributed by atoms with Gasteiger partial charge in [0.15, 0.2) is 0 Å². The lowest BCUT2D eigenvalue weighted by Crippen LogP contribution is -2.44. The fourth-order valence-corrected chi connectivity index (χ4v) is 6.06. The van der Waals surface area contributed by atoms with Crippen LogP contribution in [0.4, 0.5) is 24.8 Å². The Morgan fingerprint density at radius 3 is 2.47 bits per heavy atom. The summed E-state index contributed by atoms with van der Waals surface area (Å²) in [6.45, 7) is 1.53. The number of benzene rings is 1. The number of nitrogens with zero attached hydrogens (tertiary/aromatic N) is 5. The normalized spacial score (nSPS) is 17.6. The molecular formula is C29H36F3N7O5S. The molecule has 2 fully saturated rings. The second-order valence-electron chi connectivity index (χ2n) is 11.2. The predicted molar refractivity (Wildman–Crippen MR) is 159 cm³/mol. The van der Waals surface area contributed by atoms with Crippen molar-refractivity contribution in [3.05, 3.63) is 47.3 Å². The summed E-state index contributed by atoms with van der Waals surface area (Å²) in [7, 11) is -4.29. The van der Waals surface area contributed by atoms with Crippen molar-refractivity contribution in [3.63, 3.8) is 0 Å². The van der Waals surface area contributed by atoms with Gasteiger partial charge in [0.05, 0.1) is 11.6 Å². The summed E-state index contributed by atoms with van der Waals surface area (Å²) in [5, 5.41) is 14.3. The number of hydrogen-bond donors (Lipinski definition) is 3. The van der Waals surface area contributed by atoms with Gasteiger partial charge in [0.25, 0.3) is 10.1 Å². The quantitative estimate of drug-likeness (QED) is 0.290. The van der Waals surface area contributed by atoms with Crippen molar-refractivity contribution >= 4 is 33.6 Å². The van der Waals surface area contributed by atoms with E-state index in [0.717, 1.165) is 5.56 Å². The fraction of sp³-hybridized carbons (Fsp3) is 0.552. The third kappa shape index (κ3) is 9.76. The highest BCUT2D eigenvalue weighted by Gasteiger charge is 2.39. The van der Waals surface area contributed by atoms with Crippen LogP contribution in [0.2, 0.25) is 0 Å². The van der Waals surface area contributed by atoms with Crippen LogP contribution in [0.1, 0.15) is 61.9 Å². The van der Waals surface area contributed by atoms with E-state index in [2.05, 4.69) is 26.7 Å². The number of carbonyl (C=O) groups is 2. The molecular weight excluding hydrogens is 615 g/mol. The van der Waals surface area contributed by atoms with Crippen LogP contribution < -0.4 is 20.4 Å². The molecule has 0 spiro atoms. The van der Waals surface area contributed by atoms with Crippen molar-refractivity contribution in [1.29, 1.82) is 5.26 Å². The number of hydrogen-bond acceptors (Lipinski definition) is 9. The van der Waals surface area contributed by atoms with Crippen molar-refractivity contribution < 1.29 is 35.7 Å². The van der Waals surface area contributed by atoms with Gasteiger partial charge in [0.1, 0.15) is 23.6 Å². The van der Waals surface area contributed by atoms with Crippen molar-refractivity contribution in [3.8, 4) is 6.07 Å². The van der Waals surface area contributed by atoms with Crippen LogP contribution in [0.5, 0.6) is 0 Å². The van der Waals surface area contributed by atoms with Crippen LogP contribution in [-0.2, 0) is 32.3 Å². The Balaban J connectivity index is 1.37. The average molecular weight is 652 g/mol. The van der Waals surface area contributed by atoms with Gasteiger partial charge >= 0.3 is 6.18 Å². The summed E-state index contributed by atoms with van der Waals surface area (Å²) < 4.78 is 71.9. The molecule has 0 radical (unpaired) electrons. The first kappa shape index (κ1) is 33.9. The van der Waals surface area contributed by atoms with Gasteiger partial charge in [0, 0.05) is 38.7 Å². The van der Waals surface area contributed by atoms with Crippen LogP contribution in [0.25, 0.3) is 0 Å². The summed E-state index contributed by atoms with van der Waals surface area (Å²) >= 11 is 0. The minimum atomic E-state index is -4.79. The Kier molecular flexibility index (Phi) is 11.2. The molecule has 244 valence electrons. The molecule has 0 saturated carbocycles. The lowest BCUT2D eigenvalue weighted by molar-refractivity contribution is -0.144. The van der Waals surface area contributed by atoms with Gasteiger partial charge < -0.3 is 20.4 Å². The first-order valence-electron chi connectivity index (χ1n) is 14.8. The first-order chi connectivity index (χ1) is 21.3. The number of amides is 2. The number of nitriles is 1.